The quantitative estimate of drug-likeness (QED) is 0.366. The number of esters is 1. The van der Waals surface area contributed by atoms with Crippen LogP contribution in [-0.2, 0) is 9.53 Å². The first-order chi connectivity index (χ1) is 10.9. The fraction of sp³-hybridized carbons (Fsp3) is 0.250. The predicted molar refractivity (Wildman–Crippen MR) is 95.5 cm³/mol. The van der Waals surface area contributed by atoms with Crippen LogP contribution in [0.25, 0.3) is 0 Å². The molecule has 120 valence electrons. The number of hydrogen-bond acceptors (Lipinski definition) is 4. The van der Waals surface area contributed by atoms with Crippen molar-refractivity contribution < 1.29 is 9.53 Å². The van der Waals surface area contributed by atoms with Gasteiger partial charge in [0.2, 0.25) is 0 Å². The van der Waals surface area contributed by atoms with Crippen LogP contribution in [0.4, 0.5) is 0 Å². The molecule has 0 saturated heterocycles. The highest BCUT2D eigenvalue weighted by molar-refractivity contribution is 7.80. The first kappa shape index (κ1) is 17.7. The lowest BCUT2D eigenvalue weighted by Crippen LogP contribution is -2.35. The molecule has 4 nitrogen and oxygen atoms in total. The highest BCUT2D eigenvalue weighted by Crippen LogP contribution is 2.40. The number of benzene rings is 1. The molecule has 2 N–H and O–H groups in total. The summed E-state index contributed by atoms with van der Waals surface area (Å²) in [5.74, 6) is 1.22. The molecule has 0 radical (unpaired) electrons. The van der Waals surface area contributed by atoms with Gasteiger partial charge in [-0.15, -0.1) is 0 Å². The van der Waals surface area contributed by atoms with Gasteiger partial charge in [0.05, 0.1) is 23.7 Å². The van der Waals surface area contributed by atoms with Gasteiger partial charge in [-0.05, 0) is 37.4 Å². The van der Waals surface area contributed by atoms with Gasteiger partial charge in [-0.25, -0.2) is 4.79 Å². The van der Waals surface area contributed by atoms with Crippen LogP contribution in [0.1, 0.15) is 25.3 Å². The van der Waals surface area contributed by atoms with Gasteiger partial charge in [0, 0.05) is 15.7 Å². The van der Waals surface area contributed by atoms with E-state index in [-0.39, 0.29) is 6.61 Å². The van der Waals surface area contributed by atoms with Gasteiger partial charge >= 0.3 is 5.97 Å². The minimum absolute atomic E-state index is 0.241. The third-order valence-corrected chi connectivity index (χ3v) is 4.31. The summed E-state index contributed by atoms with van der Waals surface area (Å²) in [5, 5.41) is 11.3. The van der Waals surface area contributed by atoms with E-state index >= 15 is 0 Å². The molecule has 1 aromatic rings. The Labute approximate surface area is 149 Å². The summed E-state index contributed by atoms with van der Waals surface area (Å²) < 4.78 is 5.14. The molecule has 1 heterocycles. The van der Waals surface area contributed by atoms with Crippen molar-refractivity contribution in [1.29, 1.82) is 5.41 Å². The molecule has 7 heteroatoms. The Balaban J connectivity index is 2.69. The number of nitrogens with one attached hydrogen (secondary N) is 2. The molecule has 1 aliphatic rings. The standard InChI is InChI=1S/C16H14Cl2N2O2S/c1-3-22-16(21)13-8(2)20-15(23)11(7-19)14(13)10-5-4-9(17)6-12(10)18/h4-6,14,19H,3H2,1-2H3,(H,20,23). The first-order valence-corrected chi connectivity index (χ1v) is 8.00. The summed E-state index contributed by atoms with van der Waals surface area (Å²) in [4.78, 5) is 12.7. The van der Waals surface area contributed by atoms with Crippen molar-refractivity contribution in [3.8, 4) is 0 Å². The SMILES string of the molecule is CCOC(=O)C1=C(C)NC(=S)C(=C=N)C1c1ccc(Cl)cc1Cl. The van der Waals surface area contributed by atoms with Gasteiger partial charge in [0.25, 0.3) is 0 Å². The van der Waals surface area contributed by atoms with Gasteiger partial charge in [-0.1, -0.05) is 41.5 Å². The number of rotatable bonds is 3. The van der Waals surface area contributed by atoms with Crippen LogP contribution < -0.4 is 5.32 Å². The monoisotopic (exact) mass is 368 g/mol. The highest BCUT2D eigenvalue weighted by atomic mass is 35.5. The van der Waals surface area contributed by atoms with E-state index in [1.165, 1.54) is 0 Å². The number of ether oxygens (including phenoxy) is 1. The maximum atomic E-state index is 12.4. The normalized spacial score (nSPS) is 17.7. The summed E-state index contributed by atoms with van der Waals surface area (Å²) in [6, 6.07) is 4.98. The topological polar surface area (TPSA) is 62.2 Å². The molecule has 0 spiro atoms. The molecule has 0 amide bonds. The second kappa shape index (κ2) is 7.28. The molecule has 0 fully saturated rings. The van der Waals surface area contributed by atoms with E-state index in [1.807, 2.05) is 0 Å². The fourth-order valence-corrected chi connectivity index (χ4v) is 3.29. The molecule has 0 aromatic heterocycles. The van der Waals surface area contributed by atoms with E-state index in [9.17, 15) is 4.79 Å². The molecule has 1 unspecified atom stereocenters. The average Bonchev–Trinajstić information content (AvgIpc) is 2.46. The second-order valence-corrected chi connectivity index (χ2v) is 6.10. The van der Waals surface area contributed by atoms with Crippen molar-refractivity contribution in [2.24, 2.45) is 0 Å². The summed E-state index contributed by atoms with van der Waals surface area (Å²) >= 11 is 17.5. The third kappa shape index (κ3) is 3.48. The van der Waals surface area contributed by atoms with Crippen molar-refractivity contribution in [3.05, 3.63) is 50.7 Å². The van der Waals surface area contributed by atoms with E-state index in [4.69, 9.17) is 45.6 Å². The van der Waals surface area contributed by atoms with E-state index in [0.717, 1.165) is 0 Å². The van der Waals surface area contributed by atoms with E-state index in [2.05, 4.69) is 11.2 Å². The maximum Gasteiger partial charge on any atom is 0.336 e. The fourth-order valence-electron chi connectivity index (χ4n) is 2.45. The number of halogens is 2. The summed E-state index contributed by atoms with van der Waals surface area (Å²) in [5.41, 5.74) is 1.91. The Morgan fingerprint density at radius 2 is 2.17 bits per heavy atom. The smallest absolute Gasteiger partial charge is 0.336 e. The second-order valence-electron chi connectivity index (χ2n) is 4.85. The van der Waals surface area contributed by atoms with Crippen LogP contribution in [0.3, 0.4) is 0 Å². The Morgan fingerprint density at radius 1 is 1.48 bits per heavy atom. The van der Waals surface area contributed by atoms with Crippen LogP contribution in [0.2, 0.25) is 10.0 Å². The molecule has 1 atom stereocenters. The van der Waals surface area contributed by atoms with Crippen molar-refractivity contribution in [2.45, 2.75) is 19.8 Å². The average molecular weight is 369 g/mol. The lowest BCUT2D eigenvalue weighted by Gasteiger charge is -2.29. The summed E-state index contributed by atoms with van der Waals surface area (Å²) in [6.45, 7) is 3.70. The van der Waals surface area contributed by atoms with Crippen LogP contribution in [0.5, 0.6) is 0 Å². The lowest BCUT2D eigenvalue weighted by molar-refractivity contribution is -0.138. The zero-order valence-corrected chi connectivity index (χ0v) is 14.8. The van der Waals surface area contributed by atoms with E-state index in [0.29, 0.717) is 37.4 Å². The molecule has 0 aliphatic carbocycles. The number of thiocarbonyl (C=S) groups is 1. The molecular formula is C16H14Cl2N2O2S. The molecule has 0 bridgehead atoms. The molecule has 1 aromatic carbocycles. The predicted octanol–water partition coefficient (Wildman–Crippen LogP) is 4.02. The van der Waals surface area contributed by atoms with Gasteiger partial charge in [-0.3, -0.25) is 5.41 Å². The molecule has 23 heavy (non-hydrogen) atoms. The molecule has 0 saturated carbocycles. The van der Waals surface area contributed by atoms with Crippen molar-refractivity contribution in [2.75, 3.05) is 6.61 Å². The van der Waals surface area contributed by atoms with E-state index < -0.39 is 11.9 Å². The largest absolute Gasteiger partial charge is 0.463 e. The van der Waals surface area contributed by atoms with E-state index in [1.54, 1.807) is 32.0 Å². The minimum atomic E-state index is -0.620. The van der Waals surface area contributed by atoms with Gasteiger partial charge < -0.3 is 10.1 Å². The van der Waals surface area contributed by atoms with Crippen molar-refractivity contribution >= 4 is 52.2 Å². The Bertz CT molecular complexity index is 767. The Hall–Kier alpha value is -1.65. The summed E-state index contributed by atoms with van der Waals surface area (Å²) in [7, 11) is 0. The van der Waals surface area contributed by atoms with Crippen LogP contribution in [0.15, 0.2) is 35.0 Å². The van der Waals surface area contributed by atoms with Crippen molar-refractivity contribution in [3.63, 3.8) is 0 Å². The summed E-state index contributed by atoms with van der Waals surface area (Å²) in [6.07, 6.45) is 0. The van der Waals surface area contributed by atoms with Crippen molar-refractivity contribution in [1.82, 2.24) is 5.32 Å². The zero-order valence-electron chi connectivity index (χ0n) is 12.5. The number of allylic oxidation sites excluding steroid dienone is 1. The Morgan fingerprint density at radius 3 is 2.74 bits per heavy atom. The number of carbonyl (C=O) groups is 1. The van der Waals surface area contributed by atoms with Crippen LogP contribution in [0, 0.1) is 5.41 Å². The lowest BCUT2D eigenvalue weighted by atomic mass is 9.81. The number of carbonyl (C=O) groups excluding carboxylic acids is 1. The zero-order chi connectivity index (χ0) is 17.1. The molecular weight excluding hydrogens is 355 g/mol. The maximum absolute atomic E-state index is 12.4. The first-order valence-electron chi connectivity index (χ1n) is 6.84. The van der Waals surface area contributed by atoms with Gasteiger partial charge in [0.1, 0.15) is 4.99 Å². The Kier molecular flexibility index (Phi) is 5.60. The van der Waals surface area contributed by atoms with Gasteiger partial charge in [-0.2, -0.15) is 0 Å². The molecule has 1 aliphatic heterocycles. The van der Waals surface area contributed by atoms with Gasteiger partial charge in [0.15, 0.2) is 0 Å². The minimum Gasteiger partial charge on any atom is -0.463 e. The highest BCUT2D eigenvalue weighted by Gasteiger charge is 2.36. The van der Waals surface area contributed by atoms with Crippen LogP contribution >= 0.6 is 35.4 Å². The third-order valence-electron chi connectivity index (χ3n) is 3.43. The number of hydrogen-bond donors (Lipinski definition) is 2. The van der Waals surface area contributed by atoms with Crippen LogP contribution in [-0.4, -0.2) is 23.4 Å². The molecule has 2 rings (SSSR count).